The van der Waals surface area contributed by atoms with Crippen molar-refractivity contribution < 1.29 is 29.0 Å². The number of carboxylic acids is 1. The highest BCUT2D eigenvalue weighted by atomic mass is 16.5. The Morgan fingerprint density at radius 1 is 1.11 bits per heavy atom. The number of rotatable bonds is 8. The number of para-hydroxylation sites is 1. The third-order valence-corrected chi connectivity index (χ3v) is 5.64. The minimum atomic E-state index is -1.09. The summed E-state index contributed by atoms with van der Waals surface area (Å²) in [6.45, 7) is 1.96. The van der Waals surface area contributed by atoms with Gasteiger partial charge in [0.15, 0.2) is 0 Å². The summed E-state index contributed by atoms with van der Waals surface area (Å²) in [6.07, 6.45) is 3.91. The summed E-state index contributed by atoms with van der Waals surface area (Å²) in [5.74, 6) is -2.15. The minimum absolute atomic E-state index is 0.172. The Morgan fingerprint density at radius 3 is 2.67 bits per heavy atom. The highest BCUT2D eigenvalue weighted by molar-refractivity contribution is 5.90. The third-order valence-electron chi connectivity index (χ3n) is 5.64. The lowest BCUT2D eigenvalue weighted by Gasteiger charge is -2.22. The molecule has 2 bridgehead atoms. The van der Waals surface area contributed by atoms with Crippen molar-refractivity contribution in [2.24, 2.45) is 5.92 Å². The van der Waals surface area contributed by atoms with Gasteiger partial charge in [0.05, 0.1) is 32.2 Å². The number of hydrogen-bond donors (Lipinski definition) is 3. The molecule has 1 aromatic carbocycles. The molecule has 1 unspecified atom stereocenters. The van der Waals surface area contributed by atoms with Gasteiger partial charge in [0.25, 0.3) is 0 Å². The van der Waals surface area contributed by atoms with Crippen LogP contribution in [0.5, 0.6) is 5.75 Å². The van der Waals surface area contributed by atoms with Gasteiger partial charge in [-0.1, -0.05) is 42.5 Å². The summed E-state index contributed by atoms with van der Waals surface area (Å²) < 4.78 is 13.2. The van der Waals surface area contributed by atoms with Crippen molar-refractivity contribution in [3.05, 3.63) is 78.6 Å². The fourth-order valence-corrected chi connectivity index (χ4v) is 3.78. The second kappa shape index (κ2) is 14.5. The van der Waals surface area contributed by atoms with E-state index in [1.807, 2.05) is 65.5 Å². The van der Waals surface area contributed by atoms with Gasteiger partial charge in [0, 0.05) is 31.9 Å². The monoisotopic (exact) mass is 495 g/mol. The van der Waals surface area contributed by atoms with Crippen molar-refractivity contribution >= 4 is 17.8 Å². The lowest BCUT2D eigenvalue weighted by Crippen LogP contribution is -2.50. The summed E-state index contributed by atoms with van der Waals surface area (Å²) in [4.78, 5) is 37.6. The van der Waals surface area contributed by atoms with E-state index in [9.17, 15) is 19.5 Å². The Balaban J connectivity index is 1.76. The number of ether oxygens (including phenoxy) is 2. The van der Waals surface area contributed by atoms with Crippen LogP contribution < -0.4 is 15.4 Å². The van der Waals surface area contributed by atoms with Gasteiger partial charge < -0.3 is 29.8 Å². The van der Waals surface area contributed by atoms with Gasteiger partial charge in [-0.3, -0.25) is 14.4 Å². The first-order valence-electron chi connectivity index (χ1n) is 12.0. The third kappa shape index (κ3) is 9.42. The van der Waals surface area contributed by atoms with Crippen molar-refractivity contribution in [1.29, 1.82) is 0 Å². The number of carboxylic acid groups (broad SMARTS) is 1. The van der Waals surface area contributed by atoms with Gasteiger partial charge in [0.1, 0.15) is 11.8 Å². The van der Waals surface area contributed by atoms with Crippen LogP contribution in [0.25, 0.3) is 0 Å². The van der Waals surface area contributed by atoms with Crippen LogP contribution in [0.2, 0.25) is 0 Å². The summed E-state index contributed by atoms with van der Waals surface area (Å²) in [7, 11) is 0. The van der Waals surface area contributed by atoms with E-state index in [1.165, 1.54) is 0 Å². The van der Waals surface area contributed by atoms with Crippen LogP contribution in [0.4, 0.5) is 0 Å². The molecule has 9 nitrogen and oxygen atoms in total. The molecule has 3 rings (SSSR count). The maximum Gasteiger partial charge on any atom is 0.304 e. The van der Waals surface area contributed by atoms with E-state index in [4.69, 9.17) is 9.47 Å². The summed E-state index contributed by atoms with van der Waals surface area (Å²) >= 11 is 0. The fourth-order valence-electron chi connectivity index (χ4n) is 3.78. The number of carbonyl (C=O) groups excluding carboxylic acids is 2. The van der Waals surface area contributed by atoms with E-state index < -0.39 is 23.8 Å². The van der Waals surface area contributed by atoms with Crippen molar-refractivity contribution in [2.75, 3.05) is 26.4 Å². The van der Waals surface area contributed by atoms with Gasteiger partial charge >= 0.3 is 5.97 Å². The molecule has 1 aromatic heterocycles. The average Bonchev–Trinajstić information content (AvgIpc) is 2.97. The number of aliphatic carboxylic acids is 1. The Labute approximate surface area is 210 Å². The number of hydrogen-bond acceptors (Lipinski definition) is 5. The number of aromatic nitrogens is 1. The zero-order valence-electron chi connectivity index (χ0n) is 20.2. The van der Waals surface area contributed by atoms with Gasteiger partial charge in [-0.25, -0.2) is 0 Å². The van der Waals surface area contributed by atoms with Crippen LogP contribution in [0, 0.1) is 5.92 Å². The molecule has 2 heterocycles. The van der Waals surface area contributed by atoms with Gasteiger partial charge in [-0.2, -0.15) is 0 Å². The molecule has 0 fully saturated rings. The highest BCUT2D eigenvalue weighted by Crippen LogP contribution is 2.14. The molecular weight excluding hydrogens is 462 g/mol. The van der Waals surface area contributed by atoms with Gasteiger partial charge in [-0.15, -0.1) is 0 Å². The number of carbonyl (C=O) groups is 3. The summed E-state index contributed by atoms with van der Waals surface area (Å²) in [5.41, 5.74) is 0.828. The second-order valence-electron chi connectivity index (χ2n) is 8.44. The lowest BCUT2D eigenvalue weighted by molar-refractivity contribution is -0.141. The minimum Gasteiger partial charge on any atom is -0.494 e. The molecule has 2 atom stereocenters. The van der Waals surface area contributed by atoms with Gasteiger partial charge in [0.2, 0.25) is 11.8 Å². The van der Waals surface area contributed by atoms with Crippen LogP contribution in [-0.2, 0) is 32.1 Å². The number of nitrogens with zero attached hydrogens (tertiary/aromatic N) is 1. The Bertz CT molecular complexity index is 1050. The molecular formula is C27H33N3O6. The Kier molecular flexibility index (Phi) is 10.8. The lowest BCUT2D eigenvalue weighted by atomic mass is 9.99. The second-order valence-corrected chi connectivity index (χ2v) is 8.44. The molecule has 0 saturated carbocycles. The number of nitrogens with one attached hydrogen (secondary N) is 2. The zero-order chi connectivity index (χ0) is 25.6. The molecule has 0 aliphatic carbocycles. The topological polar surface area (TPSA) is 119 Å². The molecule has 0 spiro atoms. The predicted octanol–water partition coefficient (Wildman–Crippen LogP) is 2.35. The van der Waals surface area contributed by atoms with Crippen molar-refractivity contribution in [3.8, 4) is 5.75 Å². The highest BCUT2D eigenvalue weighted by Gasteiger charge is 2.27. The van der Waals surface area contributed by atoms with E-state index in [0.717, 1.165) is 5.56 Å². The molecule has 2 aromatic rings. The quantitative estimate of drug-likeness (QED) is 0.517. The van der Waals surface area contributed by atoms with Crippen molar-refractivity contribution in [3.63, 3.8) is 0 Å². The summed E-state index contributed by atoms with van der Waals surface area (Å²) in [6, 6.07) is 17.7. The number of fused-ring (bicyclic) bond motifs is 2. The smallest absolute Gasteiger partial charge is 0.304 e. The van der Waals surface area contributed by atoms with Gasteiger partial charge in [-0.05, 0) is 30.2 Å². The van der Waals surface area contributed by atoms with Crippen LogP contribution in [-0.4, -0.2) is 59.9 Å². The van der Waals surface area contributed by atoms with E-state index in [1.54, 1.807) is 12.1 Å². The molecule has 0 saturated heterocycles. The first-order valence-corrected chi connectivity index (χ1v) is 12.0. The van der Waals surface area contributed by atoms with Crippen LogP contribution >= 0.6 is 0 Å². The molecule has 3 N–H and O–H groups in total. The number of amides is 2. The SMILES string of the molecule is O=C(O)C[C@@H](CCOc1ccccc1)C(=O)NC1Cc2ccccccn(c2)CCOCCNC1=O. The van der Waals surface area contributed by atoms with E-state index in [-0.39, 0.29) is 31.8 Å². The molecule has 192 valence electrons. The standard InChI is InChI=1S/C27H33N3O6/c31-25(32)19-22(11-15-36-23-9-5-3-6-10-23)26(33)29-24-18-21-8-4-1-2-7-13-30(20-21)14-17-35-16-12-28-27(24)34/h1-10,13,20,22,24H,11-12,14-19H2,(H,28,34)(H,29,33)(H,31,32)/t22-,24?/m1/s1. The van der Waals surface area contributed by atoms with Crippen LogP contribution in [0.3, 0.4) is 0 Å². The number of benzene rings is 1. The first kappa shape index (κ1) is 26.7. The largest absolute Gasteiger partial charge is 0.494 e. The summed E-state index contributed by atoms with van der Waals surface area (Å²) in [5, 5.41) is 15.0. The normalized spacial score (nSPS) is 16.8. The first-order chi connectivity index (χ1) is 17.5. The van der Waals surface area contributed by atoms with Crippen molar-refractivity contribution in [1.82, 2.24) is 15.2 Å². The molecule has 2 amide bonds. The Hall–Kier alpha value is -3.85. The van der Waals surface area contributed by atoms with E-state index in [0.29, 0.717) is 32.1 Å². The molecule has 1 aliphatic rings. The fraction of sp³-hybridized carbons (Fsp3) is 0.370. The van der Waals surface area contributed by atoms with Crippen molar-refractivity contribution in [2.45, 2.75) is 31.8 Å². The van der Waals surface area contributed by atoms with E-state index >= 15 is 0 Å². The predicted molar refractivity (Wildman–Crippen MR) is 134 cm³/mol. The maximum absolute atomic E-state index is 13.2. The van der Waals surface area contributed by atoms with E-state index in [2.05, 4.69) is 10.6 Å². The molecule has 0 radical (unpaired) electrons. The molecule has 1 aliphatic heterocycles. The van der Waals surface area contributed by atoms with Crippen LogP contribution in [0.1, 0.15) is 18.4 Å². The van der Waals surface area contributed by atoms with Crippen LogP contribution in [0.15, 0.2) is 73.1 Å². The maximum atomic E-state index is 13.2. The zero-order valence-corrected chi connectivity index (χ0v) is 20.2. The Morgan fingerprint density at radius 2 is 1.86 bits per heavy atom. The molecule has 9 heteroatoms. The molecule has 36 heavy (non-hydrogen) atoms. The average molecular weight is 496 g/mol.